The number of carbonyl (C=O) groups excluding carboxylic acids is 1. The number of aromatic nitrogens is 2. The minimum Gasteiger partial charge on any atom is -0.493 e. The van der Waals surface area contributed by atoms with E-state index in [-0.39, 0.29) is 36.6 Å². The van der Waals surface area contributed by atoms with Crippen molar-refractivity contribution in [1.29, 1.82) is 0 Å². The lowest BCUT2D eigenvalue weighted by molar-refractivity contribution is -0.117. The van der Waals surface area contributed by atoms with E-state index in [1.165, 1.54) is 11.0 Å². The van der Waals surface area contributed by atoms with Crippen LogP contribution in [0.5, 0.6) is 11.5 Å². The lowest BCUT2D eigenvalue weighted by atomic mass is 10.1. The maximum Gasteiger partial charge on any atom is 0.232 e. The fourth-order valence-electron chi connectivity index (χ4n) is 3.45. The van der Waals surface area contributed by atoms with Crippen LogP contribution in [0.2, 0.25) is 0 Å². The molecule has 156 valence electrons. The number of carbonyl (C=O) groups is 1. The molecular weight excluding hydrogens is 389 g/mol. The molecule has 7 nitrogen and oxygen atoms in total. The van der Waals surface area contributed by atoms with Crippen LogP contribution >= 0.6 is 0 Å². The summed E-state index contributed by atoms with van der Waals surface area (Å²) in [6, 6.07) is 11.6. The van der Waals surface area contributed by atoms with Crippen LogP contribution in [-0.2, 0) is 4.79 Å². The molecule has 0 radical (unpaired) electrons. The molecule has 1 fully saturated rings. The van der Waals surface area contributed by atoms with Crippen LogP contribution in [0.1, 0.15) is 32.1 Å². The maximum absolute atomic E-state index is 14.1. The summed E-state index contributed by atoms with van der Waals surface area (Å²) in [5.74, 6) is 1.00. The Labute approximate surface area is 173 Å². The van der Waals surface area contributed by atoms with Gasteiger partial charge in [0.2, 0.25) is 17.6 Å². The molecule has 3 aromatic rings. The van der Waals surface area contributed by atoms with E-state index in [1.54, 1.807) is 37.4 Å². The largest absolute Gasteiger partial charge is 0.493 e. The van der Waals surface area contributed by atoms with E-state index in [0.717, 1.165) is 0 Å². The first-order valence-corrected chi connectivity index (χ1v) is 9.70. The van der Waals surface area contributed by atoms with Gasteiger partial charge in [-0.2, -0.15) is 4.98 Å². The Hall–Kier alpha value is -3.42. The molecule has 0 spiro atoms. The lowest BCUT2D eigenvalue weighted by Crippen LogP contribution is -2.25. The Morgan fingerprint density at radius 2 is 2.00 bits per heavy atom. The van der Waals surface area contributed by atoms with Crippen LogP contribution < -0.4 is 14.4 Å². The van der Waals surface area contributed by atoms with Crippen molar-refractivity contribution in [1.82, 2.24) is 10.1 Å². The molecule has 30 heavy (non-hydrogen) atoms. The first kappa shape index (κ1) is 19.9. The average Bonchev–Trinajstić information content (AvgIpc) is 3.35. The van der Waals surface area contributed by atoms with E-state index in [1.807, 2.05) is 19.9 Å². The number of methoxy groups -OCH3 is 1. The van der Waals surface area contributed by atoms with Crippen LogP contribution in [-0.4, -0.2) is 35.8 Å². The third kappa shape index (κ3) is 3.85. The summed E-state index contributed by atoms with van der Waals surface area (Å²) < 4.78 is 30.6. The van der Waals surface area contributed by atoms with Gasteiger partial charge in [-0.1, -0.05) is 17.3 Å². The van der Waals surface area contributed by atoms with Crippen molar-refractivity contribution in [2.45, 2.75) is 32.3 Å². The van der Waals surface area contributed by atoms with Crippen molar-refractivity contribution in [3.8, 4) is 22.9 Å². The summed E-state index contributed by atoms with van der Waals surface area (Å²) in [4.78, 5) is 18.3. The predicted molar refractivity (Wildman–Crippen MR) is 108 cm³/mol. The molecule has 0 saturated carbocycles. The van der Waals surface area contributed by atoms with E-state index in [4.69, 9.17) is 14.0 Å². The molecule has 0 aliphatic carbocycles. The summed E-state index contributed by atoms with van der Waals surface area (Å²) in [7, 11) is 1.56. The number of halogens is 1. The SMILES string of the molecule is COc1cc(-c2noc(C3CC(=O)N(c4ccccc4F)C3)n2)ccc1OC(C)C. The van der Waals surface area contributed by atoms with Crippen LogP contribution in [0.25, 0.3) is 11.4 Å². The Morgan fingerprint density at radius 1 is 1.20 bits per heavy atom. The van der Waals surface area contributed by atoms with Crippen molar-refractivity contribution < 1.29 is 23.2 Å². The Bertz CT molecular complexity index is 1070. The van der Waals surface area contributed by atoms with E-state index in [9.17, 15) is 9.18 Å². The molecule has 1 aromatic heterocycles. The number of amides is 1. The van der Waals surface area contributed by atoms with Crippen LogP contribution in [0, 0.1) is 5.82 Å². The zero-order chi connectivity index (χ0) is 21.3. The minimum absolute atomic E-state index is 0.0128. The monoisotopic (exact) mass is 411 g/mol. The third-order valence-electron chi connectivity index (χ3n) is 4.84. The molecule has 2 heterocycles. The average molecular weight is 411 g/mol. The maximum atomic E-state index is 14.1. The van der Waals surface area contributed by atoms with Gasteiger partial charge in [-0.3, -0.25) is 4.79 Å². The fourth-order valence-corrected chi connectivity index (χ4v) is 3.45. The van der Waals surface area contributed by atoms with Gasteiger partial charge in [0, 0.05) is 18.5 Å². The second kappa shape index (κ2) is 8.14. The van der Waals surface area contributed by atoms with Gasteiger partial charge in [0.25, 0.3) is 0 Å². The highest BCUT2D eigenvalue weighted by molar-refractivity contribution is 5.96. The Morgan fingerprint density at radius 3 is 2.73 bits per heavy atom. The number of para-hydroxylation sites is 1. The van der Waals surface area contributed by atoms with Gasteiger partial charge in [-0.05, 0) is 44.2 Å². The highest BCUT2D eigenvalue weighted by atomic mass is 19.1. The molecule has 2 aromatic carbocycles. The fraction of sp³-hybridized carbons (Fsp3) is 0.318. The molecule has 1 saturated heterocycles. The molecule has 1 atom stereocenters. The van der Waals surface area contributed by atoms with E-state index < -0.39 is 5.82 Å². The van der Waals surface area contributed by atoms with Gasteiger partial charge in [0.05, 0.1) is 24.8 Å². The highest BCUT2D eigenvalue weighted by Crippen LogP contribution is 2.35. The molecule has 1 amide bonds. The summed E-state index contributed by atoms with van der Waals surface area (Å²) >= 11 is 0. The first-order valence-electron chi connectivity index (χ1n) is 9.70. The number of hydrogen-bond donors (Lipinski definition) is 0. The number of benzene rings is 2. The zero-order valence-electron chi connectivity index (χ0n) is 17.0. The van der Waals surface area contributed by atoms with Crippen molar-refractivity contribution in [3.63, 3.8) is 0 Å². The van der Waals surface area contributed by atoms with E-state index >= 15 is 0 Å². The van der Waals surface area contributed by atoms with E-state index in [0.29, 0.717) is 28.8 Å². The molecule has 1 unspecified atom stereocenters. The topological polar surface area (TPSA) is 77.7 Å². The van der Waals surface area contributed by atoms with Crippen LogP contribution in [0.15, 0.2) is 47.0 Å². The van der Waals surface area contributed by atoms with E-state index in [2.05, 4.69) is 10.1 Å². The lowest BCUT2D eigenvalue weighted by Gasteiger charge is -2.16. The highest BCUT2D eigenvalue weighted by Gasteiger charge is 2.36. The standard InChI is InChI=1S/C22H22FN3O4/c1-13(2)29-18-9-8-14(10-19(18)28-3)21-24-22(30-25-21)15-11-20(27)26(12-15)17-7-5-4-6-16(17)23/h4-10,13,15H,11-12H2,1-3H3. The zero-order valence-corrected chi connectivity index (χ0v) is 17.0. The quantitative estimate of drug-likeness (QED) is 0.605. The number of ether oxygens (including phenoxy) is 2. The van der Waals surface area contributed by atoms with Crippen molar-refractivity contribution in [2.24, 2.45) is 0 Å². The summed E-state index contributed by atoms with van der Waals surface area (Å²) in [5, 5.41) is 4.05. The smallest absolute Gasteiger partial charge is 0.232 e. The van der Waals surface area contributed by atoms with Crippen molar-refractivity contribution >= 4 is 11.6 Å². The second-order valence-electron chi connectivity index (χ2n) is 7.35. The molecule has 4 rings (SSSR count). The molecule has 1 aliphatic rings. The minimum atomic E-state index is -0.437. The summed E-state index contributed by atoms with van der Waals surface area (Å²) in [5.41, 5.74) is 0.962. The summed E-state index contributed by atoms with van der Waals surface area (Å²) in [6.45, 7) is 4.16. The molecule has 0 N–H and O–H groups in total. The number of rotatable bonds is 6. The van der Waals surface area contributed by atoms with Crippen molar-refractivity contribution in [2.75, 3.05) is 18.6 Å². The Kier molecular flexibility index (Phi) is 5.39. The normalized spacial score (nSPS) is 16.4. The van der Waals surface area contributed by atoms with Crippen LogP contribution in [0.4, 0.5) is 10.1 Å². The van der Waals surface area contributed by atoms with Gasteiger partial charge in [0.15, 0.2) is 11.5 Å². The Balaban J connectivity index is 1.55. The molecular formula is C22H22FN3O4. The number of anilines is 1. The van der Waals surface area contributed by atoms with Gasteiger partial charge in [-0.15, -0.1) is 0 Å². The van der Waals surface area contributed by atoms with Crippen LogP contribution in [0.3, 0.4) is 0 Å². The van der Waals surface area contributed by atoms with Gasteiger partial charge in [0.1, 0.15) is 5.82 Å². The number of hydrogen-bond acceptors (Lipinski definition) is 6. The number of nitrogens with zero attached hydrogens (tertiary/aromatic N) is 3. The van der Waals surface area contributed by atoms with Crippen molar-refractivity contribution in [3.05, 3.63) is 54.2 Å². The van der Waals surface area contributed by atoms with Gasteiger partial charge < -0.3 is 18.9 Å². The first-order chi connectivity index (χ1) is 14.5. The molecule has 0 bridgehead atoms. The third-order valence-corrected chi connectivity index (χ3v) is 4.84. The van der Waals surface area contributed by atoms with Gasteiger partial charge >= 0.3 is 0 Å². The molecule has 1 aliphatic heterocycles. The van der Waals surface area contributed by atoms with Gasteiger partial charge in [-0.25, -0.2) is 4.39 Å². The summed E-state index contributed by atoms with van der Waals surface area (Å²) in [6.07, 6.45) is 0.194. The second-order valence-corrected chi connectivity index (χ2v) is 7.35. The predicted octanol–water partition coefficient (Wildman–Crippen LogP) is 4.19. The molecule has 8 heteroatoms.